The average Bonchev–Trinajstić information content (AvgIpc) is 3.03. The number of allylic oxidation sites excluding steroid dienone is 1. The van der Waals surface area contributed by atoms with Crippen molar-refractivity contribution in [3.63, 3.8) is 0 Å². The van der Waals surface area contributed by atoms with Crippen LogP contribution in [0.4, 0.5) is 0 Å². The van der Waals surface area contributed by atoms with Crippen molar-refractivity contribution in [2.45, 2.75) is 121 Å². The zero-order chi connectivity index (χ0) is 31.6. The van der Waals surface area contributed by atoms with Crippen molar-refractivity contribution in [3.05, 3.63) is 106 Å². The summed E-state index contributed by atoms with van der Waals surface area (Å²) in [4.78, 5) is 23.4. The molecule has 0 aliphatic heterocycles. The maximum Gasteiger partial charge on any atom is 0.257 e. The smallest absolute Gasteiger partial charge is 0.257 e. The van der Waals surface area contributed by atoms with Crippen LogP contribution in [0.5, 0.6) is 0 Å². The second kappa shape index (κ2) is 20.0. The van der Waals surface area contributed by atoms with Crippen molar-refractivity contribution < 1.29 is 0 Å². The molecule has 2 atom stereocenters. The van der Waals surface area contributed by atoms with Gasteiger partial charge in [0, 0.05) is 11.8 Å². The minimum Gasteiger partial charge on any atom is -0.283 e. The van der Waals surface area contributed by atoms with Crippen LogP contribution in [0.3, 0.4) is 0 Å². The molecule has 4 rings (SSSR count). The van der Waals surface area contributed by atoms with Crippen molar-refractivity contribution in [3.8, 4) is 0 Å². The fraction of sp³-hybridized carbons (Fsp3) is 0.541. The van der Waals surface area contributed by atoms with Gasteiger partial charge in [0.15, 0.2) is 0 Å². The van der Waals surface area contributed by atoms with E-state index in [1.165, 1.54) is 5.57 Å². The van der Waals surface area contributed by atoms with Crippen molar-refractivity contribution in [2.24, 2.45) is 11.3 Å². The molecule has 2 unspecified atom stereocenters. The van der Waals surface area contributed by atoms with E-state index in [0.717, 1.165) is 60.4 Å². The Hall–Kier alpha value is -3.01. The third-order valence-electron chi connectivity index (χ3n) is 7.23. The molecule has 0 bridgehead atoms. The predicted octanol–water partition coefficient (Wildman–Crippen LogP) is 10.2. The van der Waals surface area contributed by atoms with E-state index in [4.69, 9.17) is 4.98 Å². The number of fused-ring (bicyclic) bond motifs is 1. The van der Waals surface area contributed by atoms with Gasteiger partial charge < -0.3 is 0 Å². The number of aryl methyl sites for hydroxylation is 1. The second-order valence-electron chi connectivity index (χ2n) is 10.1. The van der Waals surface area contributed by atoms with E-state index in [1.807, 2.05) is 103 Å². The van der Waals surface area contributed by atoms with Crippen molar-refractivity contribution in [1.29, 1.82) is 0 Å². The Bertz CT molecular complexity index is 1140. The topological polar surface area (TPSA) is 47.8 Å². The summed E-state index contributed by atoms with van der Waals surface area (Å²) in [5.74, 6) is 1.13. The van der Waals surface area contributed by atoms with E-state index in [9.17, 15) is 4.79 Å². The van der Waals surface area contributed by atoms with Gasteiger partial charge in [-0.2, -0.15) is 0 Å². The minimum absolute atomic E-state index is 0.0648. The normalized spacial score (nSPS) is 14.1. The lowest BCUT2D eigenvalue weighted by molar-refractivity contribution is 0.326. The van der Waals surface area contributed by atoms with E-state index >= 15 is 0 Å². The first-order valence-corrected chi connectivity index (χ1v) is 16.0. The summed E-state index contributed by atoms with van der Waals surface area (Å²) in [5, 5.41) is 0. The molecule has 2 heterocycles. The lowest BCUT2D eigenvalue weighted by Gasteiger charge is -2.31. The molecule has 1 aliphatic rings. The summed E-state index contributed by atoms with van der Waals surface area (Å²) >= 11 is 0. The molecule has 4 nitrogen and oxygen atoms in total. The maximum absolute atomic E-state index is 13.8. The number of hydrogen-bond acceptors (Lipinski definition) is 3. The van der Waals surface area contributed by atoms with Crippen LogP contribution in [0.1, 0.15) is 130 Å². The second-order valence-corrected chi connectivity index (χ2v) is 10.1. The minimum atomic E-state index is -0.296. The molecule has 0 saturated carbocycles. The monoisotopic (exact) mass is 561 g/mol. The number of pyridine rings is 1. The van der Waals surface area contributed by atoms with Crippen LogP contribution < -0.4 is 5.56 Å². The summed E-state index contributed by atoms with van der Waals surface area (Å²) in [5.41, 5.74) is 5.31. The summed E-state index contributed by atoms with van der Waals surface area (Å²) < 4.78 is 1.84. The van der Waals surface area contributed by atoms with E-state index < -0.39 is 0 Å². The molecule has 3 aromatic rings. The van der Waals surface area contributed by atoms with E-state index in [0.29, 0.717) is 5.92 Å². The SMILES string of the molecule is C=C(CC(C)(C)CC)C1CCc2c(nc(C)n(C(c3ccccc3)c3ccccn3)c2=O)C1.CC.CC.CC.CC. The van der Waals surface area contributed by atoms with Gasteiger partial charge in [-0.05, 0) is 61.6 Å². The highest BCUT2D eigenvalue weighted by Gasteiger charge is 2.30. The highest BCUT2D eigenvalue weighted by molar-refractivity contribution is 5.32. The molecule has 1 aliphatic carbocycles. The number of nitrogens with zero attached hydrogens (tertiary/aromatic N) is 3. The molecular weight excluding hydrogens is 502 g/mol. The number of aromatic nitrogens is 3. The number of hydrogen-bond donors (Lipinski definition) is 0. The molecule has 2 aromatic heterocycles. The highest BCUT2D eigenvalue weighted by atomic mass is 16.1. The third kappa shape index (κ3) is 10.4. The first kappa shape index (κ1) is 38.0. The van der Waals surface area contributed by atoms with E-state index in [2.05, 4.69) is 44.5 Å². The Labute approximate surface area is 252 Å². The summed E-state index contributed by atoms with van der Waals surface area (Å²) in [6, 6.07) is 15.7. The lowest BCUT2D eigenvalue weighted by Crippen LogP contribution is -2.36. The molecule has 0 saturated heterocycles. The Morgan fingerprint density at radius 2 is 1.56 bits per heavy atom. The van der Waals surface area contributed by atoms with Crippen LogP contribution in [0.25, 0.3) is 0 Å². The Morgan fingerprint density at radius 3 is 2.10 bits per heavy atom. The largest absolute Gasteiger partial charge is 0.283 e. The van der Waals surface area contributed by atoms with Crippen LogP contribution in [-0.2, 0) is 12.8 Å². The standard InChI is InChI=1S/C29H35N3O.4C2H6/c1-6-29(4,5)19-20(2)23-15-16-24-26(18-23)31-21(3)32(28(24)33)27(22-12-8-7-9-13-22)25-14-10-11-17-30-25;4*1-2/h7-14,17,23,27H,2,6,15-16,18-19H2,1,3-5H3;4*1-2H3. The lowest BCUT2D eigenvalue weighted by atomic mass is 9.75. The van der Waals surface area contributed by atoms with Crippen molar-refractivity contribution >= 4 is 0 Å². The van der Waals surface area contributed by atoms with Gasteiger partial charge in [0.25, 0.3) is 5.56 Å². The van der Waals surface area contributed by atoms with Gasteiger partial charge in [0.05, 0.1) is 11.4 Å². The number of rotatable bonds is 7. The Morgan fingerprint density at radius 1 is 0.976 bits per heavy atom. The fourth-order valence-corrected chi connectivity index (χ4v) is 4.97. The molecule has 0 radical (unpaired) electrons. The Balaban J connectivity index is 0.00000184. The van der Waals surface area contributed by atoms with Gasteiger partial charge in [0.1, 0.15) is 11.9 Å². The van der Waals surface area contributed by atoms with Crippen molar-refractivity contribution in [2.75, 3.05) is 0 Å². The summed E-state index contributed by atoms with van der Waals surface area (Å²) in [6.07, 6.45) is 6.46. The molecule has 4 heteroatoms. The summed E-state index contributed by atoms with van der Waals surface area (Å²) in [7, 11) is 0. The van der Waals surface area contributed by atoms with Crippen LogP contribution in [0.15, 0.2) is 71.7 Å². The van der Waals surface area contributed by atoms with Crippen molar-refractivity contribution in [1.82, 2.24) is 14.5 Å². The predicted molar refractivity (Wildman–Crippen MR) is 180 cm³/mol. The van der Waals surface area contributed by atoms with Gasteiger partial charge in [0.2, 0.25) is 0 Å². The van der Waals surface area contributed by atoms with Crippen LogP contribution in [0.2, 0.25) is 0 Å². The third-order valence-corrected chi connectivity index (χ3v) is 7.23. The fourth-order valence-electron chi connectivity index (χ4n) is 4.97. The zero-order valence-corrected chi connectivity index (χ0v) is 28.3. The maximum atomic E-state index is 13.8. The van der Waals surface area contributed by atoms with E-state index in [1.54, 1.807) is 6.20 Å². The highest BCUT2D eigenvalue weighted by Crippen LogP contribution is 2.36. The molecular formula is C37H59N3O. The van der Waals surface area contributed by atoms with Gasteiger partial charge in [-0.3, -0.25) is 14.3 Å². The average molecular weight is 562 g/mol. The quantitative estimate of drug-likeness (QED) is 0.270. The van der Waals surface area contributed by atoms with Crippen LogP contribution in [0, 0.1) is 18.3 Å². The molecule has 228 valence electrons. The van der Waals surface area contributed by atoms with Gasteiger partial charge >= 0.3 is 0 Å². The van der Waals surface area contributed by atoms with Gasteiger partial charge in [-0.1, -0.05) is 131 Å². The van der Waals surface area contributed by atoms with Crippen LogP contribution >= 0.6 is 0 Å². The van der Waals surface area contributed by atoms with Gasteiger partial charge in [-0.25, -0.2) is 4.98 Å². The van der Waals surface area contributed by atoms with Gasteiger partial charge in [-0.15, -0.1) is 0 Å². The molecule has 0 spiro atoms. The number of benzene rings is 1. The first-order chi connectivity index (χ1) is 19.8. The zero-order valence-electron chi connectivity index (χ0n) is 28.3. The summed E-state index contributed by atoms with van der Waals surface area (Å²) in [6.45, 7) is 29.2. The van der Waals surface area contributed by atoms with Crippen LogP contribution in [-0.4, -0.2) is 14.5 Å². The Kier molecular flexibility index (Phi) is 18.5. The molecule has 0 amide bonds. The molecule has 1 aromatic carbocycles. The molecule has 41 heavy (non-hydrogen) atoms. The van der Waals surface area contributed by atoms with E-state index in [-0.39, 0.29) is 17.0 Å². The molecule has 0 N–H and O–H groups in total. The first-order valence-electron chi connectivity index (χ1n) is 16.0. The molecule has 0 fully saturated rings.